The molecule has 1 aliphatic heterocycles. The number of carbonyl (C=O) groups excluding carboxylic acids is 2. The smallest absolute Gasteiger partial charge is 0.338 e. The third-order valence-corrected chi connectivity index (χ3v) is 5.32. The fourth-order valence-corrected chi connectivity index (χ4v) is 3.81. The van der Waals surface area contributed by atoms with E-state index in [1.54, 1.807) is 29.5 Å². The molecular formula is C22H19NO5S. The summed E-state index contributed by atoms with van der Waals surface area (Å²) in [5.74, 6) is 0.117. The molecule has 2 aromatic carbocycles. The summed E-state index contributed by atoms with van der Waals surface area (Å²) in [6, 6.07) is 18.1. The largest absolute Gasteiger partial charge is 0.486 e. The van der Waals surface area contributed by atoms with Gasteiger partial charge in [-0.25, -0.2) is 4.79 Å². The molecule has 0 saturated heterocycles. The van der Waals surface area contributed by atoms with Gasteiger partial charge in [-0.15, -0.1) is 11.3 Å². The third-order valence-electron chi connectivity index (χ3n) is 4.38. The fourth-order valence-electron chi connectivity index (χ4n) is 3.01. The molecule has 1 aliphatic rings. The highest BCUT2D eigenvalue weighted by molar-refractivity contribution is 7.10. The lowest BCUT2D eigenvalue weighted by Gasteiger charge is -2.19. The standard InChI is InChI=1S/C22H19NO5S/c24-20(23-21(19-7-4-12-29-19)15-5-2-1-3-6-15)14-28-22(25)16-8-9-17-18(13-16)27-11-10-26-17/h1-9,12-13,21H,10-11,14H2,(H,23,24)/t21-/m1/s1. The van der Waals surface area contributed by atoms with Crippen LogP contribution in [0.1, 0.15) is 26.8 Å². The van der Waals surface area contributed by atoms with Crippen LogP contribution in [0.5, 0.6) is 11.5 Å². The zero-order valence-corrected chi connectivity index (χ0v) is 16.3. The Hall–Kier alpha value is -3.32. The lowest BCUT2D eigenvalue weighted by atomic mass is 10.1. The van der Waals surface area contributed by atoms with Gasteiger partial charge in [-0.2, -0.15) is 0 Å². The topological polar surface area (TPSA) is 73.9 Å². The van der Waals surface area contributed by atoms with Gasteiger partial charge < -0.3 is 19.5 Å². The van der Waals surface area contributed by atoms with E-state index in [0.29, 0.717) is 30.3 Å². The van der Waals surface area contributed by atoms with Crippen LogP contribution in [0.4, 0.5) is 0 Å². The predicted octanol–water partition coefficient (Wildman–Crippen LogP) is 3.58. The predicted molar refractivity (Wildman–Crippen MR) is 108 cm³/mol. The van der Waals surface area contributed by atoms with Gasteiger partial charge in [0, 0.05) is 4.88 Å². The van der Waals surface area contributed by atoms with Crippen LogP contribution >= 0.6 is 11.3 Å². The van der Waals surface area contributed by atoms with Crippen LogP contribution in [0.15, 0.2) is 66.0 Å². The molecule has 3 aromatic rings. The van der Waals surface area contributed by atoms with Crippen molar-refractivity contribution in [1.29, 1.82) is 0 Å². The molecule has 148 valence electrons. The summed E-state index contributed by atoms with van der Waals surface area (Å²) >= 11 is 1.55. The molecule has 0 fully saturated rings. The molecule has 0 radical (unpaired) electrons. The third kappa shape index (κ3) is 4.57. The number of rotatable bonds is 6. The number of benzene rings is 2. The second-order valence-electron chi connectivity index (χ2n) is 6.36. The number of esters is 1. The summed E-state index contributed by atoms with van der Waals surface area (Å²) in [6.07, 6.45) is 0. The van der Waals surface area contributed by atoms with Crippen LogP contribution < -0.4 is 14.8 Å². The summed E-state index contributed by atoms with van der Waals surface area (Å²) in [7, 11) is 0. The maximum atomic E-state index is 12.5. The van der Waals surface area contributed by atoms with Crippen molar-refractivity contribution in [2.75, 3.05) is 19.8 Å². The van der Waals surface area contributed by atoms with E-state index in [0.717, 1.165) is 10.4 Å². The van der Waals surface area contributed by atoms with E-state index in [2.05, 4.69) is 5.32 Å². The van der Waals surface area contributed by atoms with Gasteiger partial charge in [0.15, 0.2) is 18.1 Å². The number of amides is 1. The molecule has 1 aromatic heterocycles. The maximum absolute atomic E-state index is 12.5. The zero-order chi connectivity index (χ0) is 20.1. The summed E-state index contributed by atoms with van der Waals surface area (Å²) in [5.41, 5.74) is 1.27. The first-order chi connectivity index (χ1) is 14.2. The van der Waals surface area contributed by atoms with E-state index < -0.39 is 5.97 Å². The van der Waals surface area contributed by atoms with Gasteiger partial charge >= 0.3 is 5.97 Å². The molecule has 6 nitrogen and oxygen atoms in total. The first-order valence-corrected chi connectivity index (χ1v) is 10.0. The van der Waals surface area contributed by atoms with Crippen molar-refractivity contribution in [3.05, 3.63) is 82.0 Å². The highest BCUT2D eigenvalue weighted by atomic mass is 32.1. The van der Waals surface area contributed by atoms with Gasteiger partial charge in [-0.1, -0.05) is 36.4 Å². The van der Waals surface area contributed by atoms with Crippen molar-refractivity contribution < 1.29 is 23.8 Å². The Bertz CT molecular complexity index is 988. The Morgan fingerprint density at radius 2 is 1.79 bits per heavy atom. The van der Waals surface area contributed by atoms with E-state index in [1.807, 2.05) is 47.8 Å². The maximum Gasteiger partial charge on any atom is 0.338 e. The molecule has 2 heterocycles. The molecule has 0 aliphatic carbocycles. The molecule has 0 unspecified atom stereocenters. The second-order valence-corrected chi connectivity index (χ2v) is 7.34. The van der Waals surface area contributed by atoms with Crippen molar-refractivity contribution in [3.8, 4) is 11.5 Å². The number of fused-ring (bicyclic) bond motifs is 1. The first-order valence-electron chi connectivity index (χ1n) is 9.15. The molecule has 0 spiro atoms. The quantitative estimate of drug-likeness (QED) is 0.630. The first kappa shape index (κ1) is 19.0. The highest BCUT2D eigenvalue weighted by Crippen LogP contribution is 2.31. The van der Waals surface area contributed by atoms with Crippen molar-refractivity contribution in [1.82, 2.24) is 5.32 Å². The molecule has 0 saturated carbocycles. The number of hydrogen-bond acceptors (Lipinski definition) is 6. The second kappa shape index (κ2) is 8.79. The molecule has 7 heteroatoms. The highest BCUT2D eigenvalue weighted by Gasteiger charge is 2.20. The van der Waals surface area contributed by atoms with Gasteiger partial charge in [0.2, 0.25) is 0 Å². The van der Waals surface area contributed by atoms with E-state index in [4.69, 9.17) is 14.2 Å². The van der Waals surface area contributed by atoms with Crippen LogP contribution in [-0.4, -0.2) is 31.7 Å². The van der Waals surface area contributed by atoms with Crippen LogP contribution in [0.3, 0.4) is 0 Å². The van der Waals surface area contributed by atoms with Gasteiger partial charge in [0.25, 0.3) is 5.91 Å². The minimum atomic E-state index is -0.593. The normalized spacial score (nSPS) is 13.4. The Morgan fingerprint density at radius 3 is 2.55 bits per heavy atom. The Kier molecular flexibility index (Phi) is 5.76. The van der Waals surface area contributed by atoms with Gasteiger partial charge in [0.1, 0.15) is 13.2 Å². The molecule has 0 bridgehead atoms. The number of ether oxygens (including phenoxy) is 3. The number of hydrogen-bond donors (Lipinski definition) is 1. The van der Waals surface area contributed by atoms with Gasteiger partial charge in [-0.3, -0.25) is 4.79 Å². The SMILES string of the molecule is O=C(COC(=O)c1ccc2c(c1)OCCO2)N[C@H](c1ccccc1)c1cccs1. The van der Waals surface area contributed by atoms with Crippen molar-refractivity contribution in [2.24, 2.45) is 0 Å². The van der Waals surface area contributed by atoms with E-state index in [1.165, 1.54) is 0 Å². The Morgan fingerprint density at radius 1 is 1.00 bits per heavy atom. The lowest BCUT2D eigenvalue weighted by Crippen LogP contribution is -2.32. The molecule has 1 atom stereocenters. The van der Waals surface area contributed by atoms with E-state index in [9.17, 15) is 9.59 Å². The fraction of sp³-hybridized carbons (Fsp3) is 0.182. The van der Waals surface area contributed by atoms with Crippen molar-refractivity contribution in [2.45, 2.75) is 6.04 Å². The Balaban J connectivity index is 1.39. The van der Waals surface area contributed by atoms with Crippen molar-refractivity contribution >= 4 is 23.2 Å². The monoisotopic (exact) mass is 409 g/mol. The van der Waals surface area contributed by atoms with Crippen LogP contribution in [-0.2, 0) is 9.53 Å². The Labute approximate surface area is 172 Å². The number of nitrogens with one attached hydrogen (secondary N) is 1. The van der Waals surface area contributed by atoms with Gasteiger partial charge in [-0.05, 0) is 35.2 Å². The van der Waals surface area contributed by atoms with Crippen LogP contribution in [0.2, 0.25) is 0 Å². The summed E-state index contributed by atoms with van der Waals surface area (Å²) in [4.78, 5) is 25.8. The van der Waals surface area contributed by atoms with E-state index in [-0.39, 0.29) is 18.6 Å². The zero-order valence-electron chi connectivity index (χ0n) is 15.5. The molecule has 4 rings (SSSR count). The average molecular weight is 409 g/mol. The van der Waals surface area contributed by atoms with E-state index >= 15 is 0 Å². The number of carbonyl (C=O) groups is 2. The molecular weight excluding hydrogens is 390 g/mol. The minimum absolute atomic E-state index is 0.295. The number of thiophene rings is 1. The van der Waals surface area contributed by atoms with Crippen molar-refractivity contribution in [3.63, 3.8) is 0 Å². The van der Waals surface area contributed by atoms with Gasteiger partial charge in [0.05, 0.1) is 11.6 Å². The summed E-state index contributed by atoms with van der Waals surface area (Å²) in [5, 5.41) is 4.90. The molecule has 29 heavy (non-hydrogen) atoms. The summed E-state index contributed by atoms with van der Waals surface area (Å²) in [6.45, 7) is 0.531. The van der Waals surface area contributed by atoms with Crippen LogP contribution in [0, 0.1) is 0 Å². The summed E-state index contributed by atoms with van der Waals surface area (Å²) < 4.78 is 16.1. The average Bonchev–Trinajstić information content (AvgIpc) is 3.30. The molecule has 1 N–H and O–H groups in total. The minimum Gasteiger partial charge on any atom is -0.486 e. The molecule has 1 amide bonds. The van der Waals surface area contributed by atoms with Crippen LogP contribution in [0.25, 0.3) is 0 Å². The lowest BCUT2D eigenvalue weighted by molar-refractivity contribution is -0.124.